The lowest BCUT2D eigenvalue weighted by atomic mass is 9.93. The molecule has 1 aromatic carbocycles. The van der Waals surface area contributed by atoms with Crippen LogP contribution in [0.4, 0.5) is 0 Å². The number of likely N-dealkylation sites (tertiary alicyclic amines) is 1. The monoisotopic (exact) mass is 411 g/mol. The molecule has 0 bridgehead atoms. The highest BCUT2D eigenvalue weighted by atomic mass is 16.2. The number of nitrogens with zero attached hydrogens (tertiary/aromatic N) is 3. The third kappa shape index (κ3) is 4.72. The Hall–Kier alpha value is -1.88. The number of hydrogen-bond acceptors (Lipinski definition) is 3. The zero-order valence-corrected chi connectivity index (χ0v) is 18.5. The molecule has 2 saturated heterocycles. The average Bonchev–Trinajstić information content (AvgIpc) is 3.34. The molecule has 2 amide bonds. The summed E-state index contributed by atoms with van der Waals surface area (Å²) in [5, 5.41) is 0. The smallest absolute Gasteiger partial charge is 0.253 e. The molecule has 30 heavy (non-hydrogen) atoms. The van der Waals surface area contributed by atoms with Crippen molar-refractivity contribution in [2.45, 2.75) is 64.3 Å². The molecule has 0 aromatic heterocycles. The lowest BCUT2D eigenvalue weighted by molar-refractivity contribution is -0.140. The SMILES string of the molecule is CCc1ccc(C(=O)N2CCN(C(C(=O)N3CCCCC3)C3CCCC3)CC2)cc1. The van der Waals surface area contributed by atoms with Crippen molar-refractivity contribution in [3.63, 3.8) is 0 Å². The Kier molecular flexibility index (Phi) is 7.08. The van der Waals surface area contributed by atoms with Crippen molar-refractivity contribution in [1.82, 2.24) is 14.7 Å². The summed E-state index contributed by atoms with van der Waals surface area (Å²) >= 11 is 0. The average molecular weight is 412 g/mol. The molecule has 0 spiro atoms. The van der Waals surface area contributed by atoms with Crippen LogP contribution in [0.25, 0.3) is 0 Å². The van der Waals surface area contributed by atoms with Crippen molar-refractivity contribution < 1.29 is 9.59 Å². The number of hydrogen-bond donors (Lipinski definition) is 0. The molecule has 1 unspecified atom stereocenters. The molecule has 5 heteroatoms. The van der Waals surface area contributed by atoms with E-state index in [0.29, 0.717) is 24.9 Å². The zero-order valence-electron chi connectivity index (χ0n) is 18.5. The van der Waals surface area contributed by atoms with Gasteiger partial charge in [0.15, 0.2) is 0 Å². The predicted octanol–water partition coefficient (Wildman–Crippen LogP) is 3.58. The van der Waals surface area contributed by atoms with Crippen molar-refractivity contribution in [1.29, 1.82) is 0 Å². The maximum atomic E-state index is 13.5. The minimum Gasteiger partial charge on any atom is -0.341 e. The van der Waals surface area contributed by atoms with Crippen molar-refractivity contribution in [3.05, 3.63) is 35.4 Å². The molecule has 5 nitrogen and oxygen atoms in total. The van der Waals surface area contributed by atoms with E-state index in [1.165, 1.54) is 37.7 Å². The molecule has 1 saturated carbocycles. The summed E-state index contributed by atoms with van der Waals surface area (Å²) in [7, 11) is 0. The van der Waals surface area contributed by atoms with Crippen LogP contribution < -0.4 is 0 Å². The predicted molar refractivity (Wildman–Crippen MR) is 119 cm³/mol. The van der Waals surface area contributed by atoms with Gasteiger partial charge in [0.1, 0.15) is 0 Å². The molecule has 2 aliphatic heterocycles. The number of carbonyl (C=O) groups is 2. The number of piperazine rings is 1. The van der Waals surface area contributed by atoms with Gasteiger partial charge in [-0.3, -0.25) is 14.5 Å². The Morgan fingerprint density at radius 1 is 0.833 bits per heavy atom. The van der Waals surface area contributed by atoms with Crippen LogP contribution in [0.5, 0.6) is 0 Å². The number of benzene rings is 1. The highest BCUT2D eigenvalue weighted by Gasteiger charge is 2.39. The Bertz CT molecular complexity index is 712. The Morgan fingerprint density at radius 2 is 1.47 bits per heavy atom. The molecule has 1 aromatic rings. The second kappa shape index (κ2) is 9.95. The first-order valence-corrected chi connectivity index (χ1v) is 12.1. The van der Waals surface area contributed by atoms with Crippen molar-refractivity contribution >= 4 is 11.8 Å². The standard InChI is InChI=1S/C25H37N3O2/c1-2-20-10-12-22(13-11-20)24(29)28-18-16-26(17-19-28)23(21-8-4-5-9-21)25(30)27-14-6-3-7-15-27/h10-13,21,23H,2-9,14-19H2,1H3. The Morgan fingerprint density at radius 3 is 2.07 bits per heavy atom. The van der Waals surface area contributed by atoms with E-state index in [1.54, 1.807) is 0 Å². The first-order valence-electron chi connectivity index (χ1n) is 12.1. The largest absolute Gasteiger partial charge is 0.341 e. The molecular formula is C25H37N3O2. The van der Waals surface area contributed by atoms with Crippen LogP contribution in [-0.2, 0) is 11.2 Å². The topological polar surface area (TPSA) is 43.9 Å². The van der Waals surface area contributed by atoms with Crippen LogP contribution in [0.15, 0.2) is 24.3 Å². The molecule has 1 aliphatic carbocycles. The molecule has 3 fully saturated rings. The molecule has 0 radical (unpaired) electrons. The third-order valence-electron chi connectivity index (χ3n) is 7.37. The maximum Gasteiger partial charge on any atom is 0.253 e. The number of aryl methyl sites for hydroxylation is 1. The van der Waals surface area contributed by atoms with E-state index in [1.807, 2.05) is 17.0 Å². The summed E-state index contributed by atoms with van der Waals surface area (Å²) in [6.45, 7) is 7.01. The molecular weight excluding hydrogens is 374 g/mol. The first-order chi connectivity index (χ1) is 14.7. The summed E-state index contributed by atoms with van der Waals surface area (Å²) in [5.41, 5.74) is 2.03. The van der Waals surface area contributed by atoms with E-state index in [4.69, 9.17) is 0 Å². The Labute approximate surface area is 181 Å². The van der Waals surface area contributed by atoms with Crippen LogP contribution in [0.1, 0.15) is 67.8 Å². The van der Waals surface area contributed by atoms with Crippen molar-refractivity contribution in [2.75, 3.05) is 39.3 Å². The fraction of sp³-hybridized carbons (Fsp3) is 0.680. The van der Waals surface area contributed by atoms with Gasteiger partial charge in [-0.2, -0.15) is 0 Å². The van der Waals surface area contributed by atoms with E-state index < -0.39 is 0 Å². The molecule has 1 atom stereocenters. The van der Waals surface area contributed by atoms with Crippen LogP contribution in [0.2, 0.25) is 0 Å². The number of carbonyl (C=O) groups excluding carboxylic acids is 2. The summed E-state index contributed by atoms with van der Waals surface area (Å²) in [5.74, 6) is 0.969. The van der Waals surface area contributed by atoms with Gasteiger partial charge in [-0.25, -0.2) is 0 Å². The summed E-state index contributed by atoms with van der Waals surface area (Å²) in [6.07, 6.45) is 9.37. The van der Waals surface area contributed by atoms with Crippen molar-refractivity contribution in [2.24, 2.45) is 5.92 Å². The van der Waals surface area contributed by atoms with E-state index >= 15 is 0 Å². The molecule has 4 rings (SSSR count). The molecule has 0 N–H and O–H groups in total. The van der Waals surface area contributed by atoms with Crippen LogP contribution in [0.3, 0.4) is 0 Å². The quantitative estimate of drug-likeness (QED) is 0.744. The van der Waals surface area contributed by atoms with Crippen LogP contribution >= 0.6 is 0 Å². The zero-order chi connectivity index (χ0) is 20.9. The van der Waals surface area contributed by atoms with Gasteiger partial charge in [-0.15, -0.1) is 0 Å². The molecule has 3 aliphatic rings. The van der Waals surface area contributed by atoms with Gasteiger partial charge in [-0.05, 0) is 62.1 Å². The van der Waals surface area contributed by atoms with Gasteiger partial charge in [0.05, 0.1) is 6.04 Å². The minimum absolute atomic E-state index is 0.0201. The second-order valence-electron chi connectivity index (χ2n) is 9.25. The fourth-order valence-electron chi connectivity index (χ4n) is 5.50. The third-order valence-corrected chi connectivity index (χ3v) is 7.37. The number of piperidine rings is 1. The molecule has 2 heterocycles. The Balaban J connectivity index is 1.40. The van der Waals surface area contributed by atoms with Crippen LogP contribution in [0, 0.1) is 5.92 Å². The molecule has 164 valence electrons. The van der Waals surface area contributed by atoms with Gasteiger partial charge >= 0.3 is 0 Å². The summed E-state index contributed by atoms with van der Waals surface area (Å²) < 4.78 is 0. The highest BCUT2D eigenvalue weighted by Crippen LogP contribution is 2.32. The lowest BCUT2D eigenvalue weighted by Crippen LogP contribution is -2.59. The maximum absolute atomic E-state index is 13.5. The van der Waals surface area contributed by atoms with Crippen molar-refractivity contribution in [3.8, 4) is 0 Å². The number of amides is 2. The lowest BCUT2D eigenvalue weighted by Gasteiger charge is -2.43. The van der Waals surface area contributed by atoms with Gasteiger partial charge in [0.25, 0.3) is 5.91 Å². The number of rotatable bonds is 5. The van der Waals surface area contributed by atoms with E-state index in [0.717, 1.165) is 51.0 Å². The first kappa shape index (κ1) is 21.4. The van der Waals surface area contributed by atoms with Gasteiger partial charge in [-0.1, -0.05) is 31.9 Å². The van der Waals surface area contributed by atoms with Gasteiger partial charge in [0, 0.05) is 44.8 Å². The summed E-state index contributed by atoms with van der Waals surface area (Å²) in [6, 6.07) is 8.03. The normalized spacial score (nSPS) is 22.3. The van der Waals surface area contributed by atoms with E-state index in [2.05, 4.69) is 28.9 Å². The van der Waals surface area contributed by atoms with Crippen LogP contribution in [-0.4, -0.2) is 71.8 Å². The van der Waals surface area contributed by atoms with Gasteiger partial charge in [0.2, 0.25) is 5.91 Å². The summed E-state index contributed by atoms with van der Waals surface area (Å²) in [4.78, 5) is 32.9. The highest BCUT2D eigenvalue weighted by molar-refractivity contribution is 5.94. The minimum atomic E-state index is 0.0201. The second-order valence-corrected chi connectivity index (χ2v) is 9.25. The van der Waals surface area contributed by atoms with E-state index in [-0.39, 0.29) is 11.9 Å². The fourth-order valence-corrected chi connectivity index (χ4v) is 5.50. The van der Waals surface area contributed by atoms with E-state index in [9.17, 15) is 9.59 Å². The van der Waals surface area contributed by atoms with Gasteiger partial charge < -0.3 is 9.80 Å².